The summed E-state index contributed by atoms with van der Waals surface area (Å²) in [4.78, 5) is 45.6. The van der Waals surface area contributed by atoms with Crippen molar-refractivity contribution >= 4 is 25.7 Å². The molecule has 0 heterocycles. The Bertz CT molecular complexity index is 968. The van der Waals surface area contributed by atoms with Crippen molar-refractivity contribution in [1.82, 2.24) is 0 Å². The predicted molar refractivity (Wildman–Crippen MR) is 189 cm³/mol. The van der Waals surface area contributed by atoms with Gasteiger partial charge in [0.25, 0.3) is 0 Å². The standard InChI is InChI=1S/C36H64NO10P/c1-3-5-7-9-11-13-14-15-16-17-18-20-22-24-26-28-35(39)47-32(30-45-48(42,43)46-31-33(37)36(40)41)29-44-34(38)27-25-23-21-19-12-10-8-6-4-2/h11,13,15-16,18,20,32-33H,3-10,12,14,17,19,21-31,37H2,1-2H3,(H,40,41)(H,42,43)/b13-11+,16-15+,20-18+/t32-,33-/m0/s1. The number of hydrogen-bond donors (Lipinski definition) is 3. The highest BCUT2D eigenvalue weighted by Crippen LogP contribution is 2.43. The zero-order valence-electron chi connectivity index (χ0n) is 29.6. The summed E-state index contributed by atoms with van der Waals surface area (Å²) >= 11 is 0. The number of nitrogens with two attached hydrogens (primary N) is 1. The number of ether oxygens (including phenoxy) is 2. The van der Waals surface area contributed by atoms with Crippen LogP contribution in [0, 0.1) is 0 Å². The minimum atomic E-state index is -4.71. The van der Waals surface area contributed by atoms with Gasteiger partial charge < -0.3 is 25.2 Å². The number of hydrogen-bond acceptors (Lipinski definition) is 9. The summed E-state index contributed by atoms with van der Waals surface area (Å²) in [5.74, 6) is -2.44. The lowest BCUT2D eigenvalue weighted by atomic mass is 10.1. The van der Waals surface area contributed by atoms with E-state index in [0.717, 1.165) is 51.4 Å². The summed E-state index contributed by atoms with van der Waals surface area (Å²) < 4.78 is 32.4. The van der Waals surface area contributed by atoms with Gasteiger partial charge in [0.2, 0.25) is 0 Å². The van der Waals surface area contributed by atoms with Crippen LogP contribution in [0.5, 0.6) is 0 Å². The molecule has 0 spiro atoms. The van der Waals surface area contributed by atoms with Crippen LogP contribution < -0.4 is 5.73 Å². The van der Waals surface area contributed by atoms with Gasteiger partial charge in [0.1, 0.15) is 12.6 Å². The van der Waals surface area contributed by atoms with Gasteiger partial charge in [0, 0.05) is 12.8 Å². The molecule has 12 heteroatoms. The second kappa shape index (κ2) is 31.9. The van der Waals surface area contributed by atoms with E-state index >= 15 is 0 Å². The van der Waals surface area contributed by atoms with E-state index in [0.29, 0.717) is 12.8 Å². The van der Waals surface area contributed by atoms with Gasteiger partial charge in [0.15, 0.2) is 6.10 Å². The Kier molecular flexibility index (Phi) is 30.4. The maximum Gasteiger partial charge on any atom is 0.472 e. The minimum absolute atomic E-state index is 0.113. The third-order valence-electron chi connectivity index (χ3n) is 7.39. The van der Waals surface area contributed by atoms with Crippen LogP contribution in [0.25, 0.3) is 0 Å². The summed E-state index contributed by atoms with van der Waals surface area (Å²) in [6.45, 7) is 2.67. The van der Waals surface area contributed by atoms with Crippen LogP contribution in [0.15, 0.2) is 36.5 Å². The van der Waals surface area contributed by atoms with Crippen molar-refractivity contribution in [3.63, 3.8) is 0 Å². The first-order chi connectivity index (χ1) is 23.1. The van der Waals surface area contributed by atoms with Gasteiger partial charge in [-0.05, 0) is 51.4 Å². The summed E-state index contributed by atoms with van der Waals surface area (Å²) in [5.41, 5.74) is 5.30. The fraction of sp³-hybridized carbons (Fsp3) is 0.750. The number of aliphatic carboxylic acids is 1. The molecule has 1 unspecified atom stereocenters. The van der Waals surface area contributed by atoms with Crippen molar-refractivity contribution in [2.45, 2.75) is 154 Å². The molecule has 0 aliphatic heterocycles. The normalized spacial score (nSPS) is 14.4. The molecule has 0 aliphatic rings. The number of phosphoric ester groups is 1. The molecule has 0 rings (SSSR count). The number of carboxylic acids is 1. The first-order valence-corrected chi connectivity index (χ1v) is 19.5. The van der Waals surface area contributed by atoms with Crippen molar-refractivity contribution in [2.75, 3.05) is 19.8 Å². The Morgan fingerprint density at radius 2 is 1.10 bits per heavy atom. The third kappa shape index (κ3) is 31.0. The highest BCUT2D eigenvalue weighted by molar-refractivity contribution is 7.47. The van der Waals surface area contributed by atoms with E-state index in [1.165, 1.54) is 51.4 Å². The Morgan fingerprint density at radius 3 is 1.69 bits per heavy atom. The molecule has 0 aliphatic carbocycles. The smallest absolute Gasteiger partial charge is 0.472 e. The lowest BCUT2D eigenvalue weighted by molar-refractivity contribution is -0.161. The number of carboxylic acid groups (broad SMARTS) is 1. The van der Waals surface area contributed by atoms with Crippen LogP contribution in [0.3, 0.4) is 0 Å². The number of unbranched alkanes of at least 4 members (excludes halogenated alkanes) is 13. The van der Waals surface area contributed by atoms with Crippen molar-refractivity contribution < 1.29 is 47.5 Å². The van der Waals surface area contributed by atoms with Gasteiger partial charge in [-0.25, -0.2) is 4.57 Å². The minimum Gasteiger partial charge on any atom is -0.480 e. The molecule has 48 heavy (non-hydrogen) atoms. The number of phosphoric acid groups is 1. The van der Waals surface area contributed by atoms with Crippen LogP contribution >= 0.6 is 7.82 Å². The van der Waals surface area contributed by atoms with Crippen LogP contribution in [0.2, 0.25) is 0 Å². The van der Waals surface area contributed by atoms with E-state index < -0.39 is 51.1 Å². The van der Waals surface area contributed by atoms with Crippen LogP contribution in [-0.2, 0) is 37.5 Å². The quantitative estimate of drug-likeness (QED) is 0.0259. The topological polar surface area (TPSA) is 172 Å². The molecule has 0 saturated heterocycles. The molecule has 3 atom stereocenters. The molecule has 4 N–H and O–H groups in total. The fourth-order valence-corrected chi connectivity index (χ4v) is 5.26. The van der Waals surface area contributed by atoms with E-state index in [1.807, 2.05) is 0 Å². The molecule has 11 nitrogen and oxygen atoms in total. The lowest BCUT2D eigenvalue weighted by Crippen LogP contribution is -2.34. The van der Waals surface area contributed by atoms with E-state index in [1.54, 1.807) is 0 Å². The Hall–Kier alpha value is -2.30. The summed E-state index contributed by atoms with van der Waals surface area (Å²) in [6, 6.07) is -1.52. The maximum atomic E-state index is 12.5. The van der Waals surface area contributed by atoms with E-state index in [2.05, 4.69) is 54.8 Å². The number of esters is 2. The summed E-state index contributed by atoms with van der Waals surface area (Å²) in [6.07, 6.45) is 30.9. The summed E-state index contributed by atoms with van der Waals surface area (Å²) in [5, 5.41) is 8.84. The maximum absolute atomic E-state index is 12.5. The van der Waals surface area contributed by atoms with E-state index in [9.17, 15) is 23.8 Å². The van der Waals surface area contributed by atoms with Crippen molar-refractivity contribution in [3.05, 3.63) is 36.5 Å². The third-order valence-corrected chi connectivity index (χ3v) is 8.34. The highest BCUT2D eigenvalue weighted by Gasteiger charge is 2.28. The van der Waals surface area contributed by atoms with Crippen molar-refractivity contribution in [3.8, 4) is 0 Å². The highest BCUT2D eigenvalue weighted by atomic mass is 31.2. The molecule has 0 fully saturated rings. The predicted octanol–water partition coefficient (Wildman–Crippen LogP) is 8.50. The van der Waals surface area contributed by atoms with Crippen LogP contribution in [-0.4, -0.2) is 59.9 Å². The number of carbonyl (C=O) groups is 3. The van der Waals surface area contributed by atoms with Crippen LogP contribution in [0.4, 0.5) is 0 Å². The lowest BCUT2D eigenvalue weighted by Gasteiger charge is -2.20. The van der Waals surface area contributed by atoms with E-state index in [4.69, 9.17) is 24.8 Å². The van der Waals surface area contributed by atoms with E-state index in [-0.39, 0.29) is 19.4 Å². The van der Waals surface area contributed by atoms with Gasteiger partial charge in [-0.15, -0.1) is 0 Å². The zero-order chi connectivity index (χ0) is 35.7. The SMILES string of the molecule is CCCCC/C=C/C/C=C/C/C=C/CCCCC(=O)O[C@@H](COC(=O)CCCCCCCCCCC)COP(=O)(O)OC[C@H](N)C(=O)O. The van der Waals surface area contributed by atoms with Crippen molar-refractivity contribution in [1.29, 1.82) is 0 Å². The molecule has 0 radical (unpaired) electrons. The first-order valence-electron chi connectivity index (χ1n) is 18.0. The molecule has 0 saturated carbocycles. The van der Waals surface area contributed by atoms with Crippen LogP contribution in [0.1, 0.15) is 142 Å². The van der Waals surface area contributed by atoms with Gasteiger partial charge >= 0.3 is 25.7 Å². The van der Waals surface area contributed by atoms with Gasteiger partial charge in [-0.2, -0.15) is 0 Å². The number of carbonyl (C=O) groups excluding carboxylic acids is 2. The average Bonchev–Trinajstić information content (AvgIpc) is 3.05. The number of allylic oxidation sites excluding steroid dienone is 6. The second-order valence-electron chi connectivity index (χ2n) is 12.0. The van der Waals surface area contributed by atoms with Gasteiger partial charge in [-0.3, -0.25) is 23.4 Å². The van der Waals surface area contributed by atoms with Gasteiger partial charge in [-0.1, -0.05) is 115 Å². The molecule has 0 bridgehead atoms. The summed E-state index contributed by atoms with van der Waals surface area (Å²) in [7, 11) is -4.71. The molecule has 0 amide bonds. The molecule has 0 aromatic rings. The molecular weight excluding hydrogens is 637 g/mol. The zero-order valence-corrected chi connectivity index (χ0v) is 30.5. The number of rotatable bonds is 33. The average molecular weight is 702 g/mol. The molecule has 0 aromatic heterocycles. The molecular formula is C36H64NO10P. The Labute approximate surface area is 289 Å². The van der Waals surface area contributed by atoms with Crippen molar-refractivity contribution in [2.24, 2.45) is 5.73 Å². The van der Waals surface area contributed by atoms with Gasteiger partial charge in [0.05, 0.1) is 13.2 Å². The second-order valence-corrected chi connectivity index (χ2v) is 13.5. The fourth-order valence-electron chi connectivity index (χ4n) is 4.48. The first kappa shape index (κ1) is 45.7. The molecule has 0 aromatic carbocycles. The Morgan fingerprint density at radius 1 is 0.646 bits per heavy atom. The monoisotopic (exact) mass is 701 g/mol. The Balaban J connectivity index is 4.55. The molecule has 278 valence electrons. The largest absolute Gasteiger partial charge is 0.480 e.